The second kappa shape index (κ2) is 5.30. The summed E-state index contributed by atoms with van der Waals surface area (Å²) in [6.07, 6.45) is 0.773. The summed E-state index contributed by atoms with van der Waals surface area (Å²) in [6.45, 7) is 3.77. The summed E-state index contributed by atoms with van der Waals surface area (Å²) in [5, 5.41) is 0.270. The van der Waals surface area contributed by atoms with E-state index in [-0.39, 0.29) is 11.0 Å². The molecule has 76 valence electrons. The van der Waals surface area contributed by atoms with E-state index in [2.05, 4.69) is 4.99 Å². The lowest BCUT2D eigenvalue weighted by Crippen LogP contribution is -2.28. The van der Waals surface area contributed by atoms with E-state index in [1.807, 2.05) is 13.8 Å². The summed E-state index contributed by atoms with van der Waals surface area (Å²) in [7, 11) is 0. The fraction of sp³-hybridized carbons (Fsp3) is 0.571. The van der Waals surface area contributed by atoms with Crippen molar-refractivity contribution >= 4 is 52.2 Å². The van der Waals surface area contributed by atoms with E-state index >= 15 is 0 Å². The lowest BCUT2D eigenvalue weighted by molar-refractivity contribution is 1.07. The van der Waals surface area contributed by atoms with Gasteiger partial charge in [0.25, 0.3) is 0 Å². The Labute approximate surface area is 97.7 Å². The summed E-state index contributed by atoms with van der Waals surface area (Å²) >= 11 is 22.2. The molecule has 0 aromatic rings. The molecule has 0 saturated heterocycles. The van der Waals surface area contributed by atoms with Crippen LogP contribution in [0.4, 0.5) is 0 Å². The van der Waals surface area contributed by atoms with Crippen LogP contribution in [0.2, 0.25) is 0 Å². The van der Waals surface area contributed by atoms with E-state index in [0.29, 0.717) is 0 Å². The third-order valence-electron chi connectivity index (χ3n) is 1.39. The Bertz CT molecular complexity index is 239. The van der Waals surface area contributed by atoms with Crippen LogP contribution in [0.15, 0.2) is 15.7 Å². The molecule has 0 atom stereocenters. The van der Waals surface area contributed by atoms with Gasteiger partial charge in [0.1, 0.15) is 5.16 Å². The van der Waals surface area contributed by atoms with Crippen molar-refractivity contribution in [1.82, 2.24) is 0 Å². The fourth-order valence-corrected chi connectivity index (χ4v) is 0.762. The summed E-state index contributed by atoms with van der Waals surface area (Å²) in [6, 6.07) is 0. The van der Waals surface area contributed by atoms with Gasteiger partial charge in [-0.2, -0.15) is 0 Å². The van der Waals surface area contributed by atoms with Gasteiger partial charge in [-0.1, -0.05) is 53.3 Å². The fourth-order valence-electron chi connectivity index (χ4n) is 0.410. The predicted octanol–water partition coefficient (Wildman–Crippen LogP) is 3.59. The van der Waals surface area contributed by atoms with Crippen molar-refractivity contribution in [3.8, 4) is 0 Å². The predicted molar refractivity (Wildman–Crippen MR) is 60.8 cm³/mol. The van der Waals surface area contributed by atoms with Gasteiger partial charge in [-0.25, -0.2) is 4.99 Å². The van der Waals surface area contributed by atoms with Crippen LogP contribution in [0.1, 0.15) is 20.3 Å². The minimum Gasteiger partial charge on any atom is -0.384 e. The molecule has 0 spiro atoms. The summed E-state index contributed by atoms with van der Waals surface area (Å²) < 4.78 is -1.70. The number of nitrogens with two attached hydrogens (primary N) is 1. The van der Waals surface area contributed by atoms with Gasteiger partial charge in [-0.3, -0.25) is 0 Å². The van der Waals surface area contributed by atoms with Crippen molar-refractivity contribution in [1.29, 1.82) is 0 Å². The molecule has 2 N–H and O–H groups in total. The Balaban J connectivity index is 4.77. The number of nitrogens with zero attached hydrogens (tertiary/aromatic N) is 1. The summed E-state index contributed by atoms with van der Waals surface area (Å²) in [4.78, 5) is 3.76. The van der Waals surface area contributed by atoms with Crippen LogP contribution in [0, 0.1) is 0 Å². The average Bonchev–Trinajstić information content (AvgIpc) is 2.01. The first-order valence-corrected chi connectivity index (χ1v) is 5.06. The maximum absolute atomic E-state index is 5.77. The number of rotatable bonds is 2. The highest BCUT2D eigenvalue weighted by molar-refractivity contribution is 6.76. The number of hydrogen-bond donors (Lipinski definition) is 1. The number of aliphatic imine (C=N–C) groups is 1. The van der Waals surface area contributed by atoms with Gasteiger partial charge in [0, 0.05) is 0 Å². The molecule has 0 bridgehead atoms. The monoisotopic (exact) mass is 262 g/mol. The van der Waals surface area contributed by atoms with Crippen LogP contribution in [-0.2, 0) is 0 Å². The first-order chi connectivity index (χ1) is 5.79. The third-order valence-corrected chi connectivity index (χ3v) is 2.38. The normalized spacial score (nSPS) is 15.7. The van der Waals surface area contributed by atoms with Crippen LogP contribution in [0.5, 0.6) is 0 Å². The number of allylic oxidation sites excluding steroid dienone is 1. The van der Waals surface area contributed by atoms with Crippen LogP contribution in [0.3, 0.4) is 0 Å². The average molecular weight is 264 g/mol. The molecule has 0 aliphatic carbocycles. The maximum atomic E-state index is 5.77. The molecule has 0 fully saturated rings. The second-order valence-electron chi connectivity index (χ2n) is 2.42. The lowest BCUT2D eigenvalue weighted by atomic mass is 10.3. The highest BCUT2D eigenvalue weighted by Crippen LogP contribution is 2.27. The van der Waals surface area contributed by atoms with Crippen LogP contribution in [0.25, 0.3) is 0 Å². The molecule has 0 aromatic heterocycles. The molecular formula is C7H10Cl4N2. The van der Waals surface area contributed by atoms with E-state index < -0.39 is 3.79 Å². The zero-order valence-corrected chi connectivity index (χ0v) is 10.3. The molecule has 0 heterocycles. The van der Waals surface area contributed by atoms with Crippen LogP contribution >= 0.6 is 46.4 Å². The highest BCUT2D eigenvalue weighted by atomic mass is 35.6. The van der Waals surface area contributed by atoms with Crippen LogP contribution < -0.4 is 5.73 Å². The SMILES string of the molecule is CC/C(C)=C(Cl)\N=C(\N)C(Cl)(Cl)Cl. The van der Waals surface area contributed by atoms with Gasteiger partial charge in [0.2, 0.25) is 3.79 Å². The molecule has 0 unspecified atom stereocenters. The molecule has 0 aliphatic rings. The smallest absolute Gasteiger partial charge is 0.247 e. The first-order valence-electron chi connectivity index (χ1n) is 3.55. The number of hydrogen-bond acceptors (Lipinski definition) is 1. The maximum Gasteiger partial charge on any atom is 0.247 e. The van der Waals surface area contributed by atoms with Crippen molar-refractivity contribution in [3.05, 3.63) is 10.7 Å². The van der Waals surface area contributed by atoms with E-state index in [1.165, 1.54) is 0 Å². The molecule has 0 rings (SSSR count). The Morgan fingerprint density at radius 1 is 1.38 bits per heavy atom. The molecular weight excluding hydrogens is 254 g/mol. The van der Waals surface area contributed by atoms with E-state index in [9.17, 15) is 0 Å². The number of alkyl halides is 3. The zero-order chi connectivity index (χ0) is 10.6. The lowest BCUT2D eigenvalue weighted by Gasteiger charge is -2.09. The van der Waals surface area contributed by atoms with Gasteiger partial charge < -0.3 is 5.73 Å². The van der Waals surface area contributed by atoms with Crippen molar-refractivity contribution in [2.75, 3.05) is 0 Å². The molecule has 13 heavy (non-hydrogen) atoms. The largest absolute Gasteiger partial charge is 0.384 e. The Kier molecular flexibility index (Phi) is 5.45. The molecule has 0 aromatic carbocycles. The third kappa shape index (κ3) is 4.96. The van der Waals surface area contributed by atoms with Crippen molar-refractivity contribution in [2.45, 2.75) is 24.1 Å². The van der Waals surface area contributed by atoms with Crippen molar-refractivity contribution < 1.29 is 0 Å². The molecule has 2 nitrogen and oxygen atoms in total. The second-order valence-corrected chi connectivity index (χ2v) is 5.06. The Morgan fingerprint density at radius 3 is 2.15 bits per heavy atom. The van der Waals surface area contributed by atoms with Crippen LogP contribution in [-0.4, -0.2) is 9.63 Å². The van der Waals surface area contributed by atoms with E-state index in [4.69, 9.17) is 52.1 Å². The van der Waals surface area contributed by atoms with Gasteiger partial charge in [0.15, 0.2) is 5.84 Å². The van der Waals surface area contributed by atoms with E-state index in [0.717, 1.165) is 12.0 Å². The summed E-state index contributed by atoms with van der Waals surface area (Å²) in [5.41, 5.74) is 6.27. The molecule has 0 radical (unpaired) electrons. The Hall–Kier alpha value is 0.370. The Morgan fingerprint density at radius 2 is 1.85 bits per heavy atom. The summed E-state index contributed by atoms with van der Waals surface area (Å²) in [5.74, 6) is -0.129. The molecule has 6 heteroatoms. The van der Waals surface area contributed by atoms with E-state index in [1.54, 1.807) is 0 Å². The topological polar surface area (TPSA) is 38.4 Å². The first kappa shape index (κ1) is 13.4. The minimum absolute atomic E-state index is 0.129. The molecule has 0 saturated carbocycles. The highest BCUT2D eigenvalue weighted by Gasteiger charge is 2.25. The number of amidine groups is 1. The van der Waals surface area contributed by atoms with Crippen molar-refractivity contribution in [2.24, 2.45) is 10.7 Å². The van der Waals surface area contributed by atoms with Gasteiger partial charge in [0.05, 0.1) is 0 Å². The van der Waals surface area contributed by atoms with Gasteiger partial charge >= 0.3 is 0 Å². The van der Waals surface area contributed by atoms with Gasteiger partial charge in [-0.15, -0.1) is 0 Å². The quantitative estimate of drug-likeness (QED) is 0.352. The standard InChI is InChI=1S/C7H10Cl4N2/c1-3-4(2)5(8)13-6(12)7(9,10)11/h3H2,1-2H3,(H2,12,13)/b5-4-. The van der Waals surface area contributed by atoms with Crippen molar-refractivity contribution in [3.63, 3.8) is 0 Å². The minimum atomic E-state index is -1.70. The molecule has 0 amide bonds. The number of halogens is 4. The van der Waals surface area contributed by atoms with Gasteiger partial charge in [-0.05, 0) is 18.9 Å². The molecule has 0 aliphatic heterocycles. The zero-order valence-electron chi connectivity index (χ0n) is 7.24.